The summed E-state index contributed by atoms with van der Waals surface area (Å²) in [7, 11) is -3.09. The van der Waals surface area contributed by atoms with Crippen LogP contribution in [0.5, 0.6) is 0 Å². The molecule has 27 heavy (non-hydrogen) atoms. The van der Waals surface area contributed by atoms with E-state index in [9.17, 15) is 8.42 Å². The zero-order chi connectivity index (χ0) is 19.7. The van der Waals surface area contributed by atoms with Gasteiger partial charge in [0.15, 0.2) is 15.8 Å². The van der Waals surface area contributed by atoms with Crippen molar-refractivity contribution in [1.82, 2.24) is 10.2 Å². The molecule has 1 saturated heterocycles. The first-order chi connectivity index (χ1) is 12.9. The zero-order valence-electron chi connectivity index (χ0n) is 17.0. The van der Waals surface area contributed by atoms with Crippen LogP contribution in [0.4, 0.5) is 0 Å². The summed E-state index contributed by atoms with van der Waals surface area (Å²) >= 11 is 0. The second kappa shape index (κ2) is 10.7. The summed E-state index contributed by atoms with van der Waals surface area (Å²) in [4.78, 5) is 7.01. The second-order valence-electron chi connectivity index (χ2n) is 7.90. The van der Waals surface area contributed by atoms with Crippen LogP contribution in [0.3, 0.4) is 0 Å². The molecule has 1 unspecified atom stereocenters. The van der Waals surface area contributed by atoms with Crippen molar-refractivity contribution in [3.63, 3.8) is 0 Å². The molecular formula is C21H35N3O2S. The minimum absolute atomic E-state index is 0.112. The number of nitrogens with zero attached hydrogens (tertiary/aromatic N) is 2. The number of aliphatic imine (C=N–C) groups is 1. The lowest BCUT2D eigenvalue weighted by Crippen LogP contribution is -2.40. The lowest BCUT2D eigenvalue weighted by Gasteiger charge is -2.22. The van der Waals surface area contributed by atoms with Gasteiger partial charge in [-0.3, -0.25) is 4.99 Å². The van der Waals surface area contributed by atoms with Crippen molar-refractivity contribution in [1.29, 1.82) is 0 Å². The number of likely N-dealkylation sites (tertiary alicyclic amines) is 1. The van der Waals surface area contributed by atoms with Gasteiger partial charge in [0.05, 0.1) is 11.5 Å². The highest BCUT2D eigenvalue weighted by atomic mass is 32.2. The molecule has 0 bridgehead atoms. The number of nitrogens with one attached hydrogen (secondary N) is 1. The van der Waals surface area contributed by atoms with Crippen molar-refractivity contribution in [2.24, 2.45) is 16.8 Å². The number of hydrogen-bond donors (Lipinski definition) is 1. The molecule has 1 atom stereocenters. The van der Waals surface area contributed by atoms with Gasteiger partial charge in [0.1, 0.15) is 0 Å². The summed E-state index contributed by atoms with van der Waals surface area (Å²) in [5, 5.41) is 3.36. The molecule has 2 rings (SSSR count). The van der Waals surface area contributed by atoms with E-state index in [1.165, 1.54) is 12.8 Å². The predicted molar refractivity (Wildman–Crippen MR) is 114 cm³/mol. The molecule has 1 N–H and O–H groups in total. The van der Waals surface area contributed by atoms with Crippen molar-refractivity contribution in [2.45, 2.75) is 45.8 Å². The third-order valence-corrected chi connectivity index (χ3v) is 6.51. The molecule has 0 aliphatic carbocycles. The lowest BCUT2D eigenvalue weighted by molar-refractivity contribution is 0.403. The van der Waals surface area contributed by atoms with E-state index in [0.717, 1.165) is 43.0 Å². The normalized spacial score (nSPS) is 18.3. The molecule has 6 heteroatoms. The van der Waals surface area contributed by atoms with Crippen LogP contribution in [-0.2, 0) is 15.6 Å². The van der Waals surface area contributed by atoms with Crippen molar-refractivity contribution in [3.8, 4) is 0 Å². The van der Waals surface area contributed by atoms with E-state index in [1.807, 2.05) is 30.3 Å². The van der Waals surface area contributed by atoms with E-state index in [1.54, 1.807) is 0 Å². The largest absolute Gasteiger partial charge is 0.357 e. The van der Waals surface area contributed by atoms with Crippen molar-refractivity contribution in [3.05, 3.63) is 35.9 Å². The molecule has 1 aliphatic heterocycles. The van der Waals surface area contributed by atoms with E-state index in [2.05, 4.69) is 36.0 Å². The highest BCUT2D eigenvalue weighted by molar-refractivity contribution is 7.90. The topological polar surface area (TPSA) is 61.8 Å². The summed E-state index contributed by atoms with van der Waals surface area (Å²) in [5.74, 6) is 2.69. The maximum atomic E-state index is 12.3. The maximum absolute atomic E-state index is 12.3. The Labute approximate surface area is 165 Å². The first-order valence-corrected chi connectivity index (χ1v) is 12.0. The maximum Gasteiger partial charge on any atom is 0.193 e. The van der Waals surface area contributed by atoms with Gasteiger partial charge in [-0.05, 0) is 43.6 Å². The van der Waals surface area contributed by atoms with Gasteiger partial charge < -0.3 is 10.2 Å². The first-order valence-electron chi connectivity index (χ1n) is 10.2. The second-order valence-corrected chi connectivity index (χ2v) is 10.1. The highest BCUT2D eigenvalue weighted by Crippen LogP contribution is 2.23. The van der Waals surface area contributed by atoms with E-state index in [0.29, 0.717) is 13.0 Å². The first kappa shape index (κ1) is 21.7. The average Bonchev–Trinajstić information content (AvgIpc) is 3.05. The molecule has 0 aromatic heterocycles. The number of guanidine groups is 1. The number of hydrogen-bond acceptors (Lipinski definition) is 3. The molecule has 0 amide bonds. The van der Waals surface area contributed by atoms with Crippen molar-refractivity contribution < 1.29 is 8.42 Å². The minimum atomic E-state index is -3.09. The molecule has 0 saturated carbocycles. The van der Waals surface area contributed by atoms with Crippen LogP contribution in [0.25, 0.3) is 0 Å². The van der Waals surface area contributed by atoms with E-state index in [-0.39, 0.29) is 11.5 Å². The average molecular weight is 394 g/mol. The fourth-order valence-corrected chi connectivity index (χ4v) is 5.09. The summed E-state index contributed by atoms with van der Waals surface area (Å²) in [6.07, 6.45) is 3.04. The number of benzene rings is 1. The Morgan fingerprint density at radius 1 is 1.30 bits per heavy atom. The van der Waals surface area contributed by atoms with Crippen molar-refractivity contribution in [2.75, 3.05) is 31.9 Å². The fraction of sp³-hybridized carbons (Fsp3) is 0.667. The minimum Gasteiger partial charge on any atom is -0.357 e. The Morgan fingerprint density at radius 3 is 2.70 bits per heavy atom. The molecule has 1 aromatic carbocycles. The SMILES string of the molecule is CCNC(=NCCCS(=O)(=O)Cc1ccccc1)N1CCC(CC(C)C)C1. The predicted octanol–water partition coefficient (Wildman–Crippen LogP) is 3.33. The third-order valence-electron chi connectivity index (χ3n) is 4.83. The van der Waals surface area contributed by atoms with Gasteiger partial charge in [0, 0.05) is 26.2 Å². The summed E-state index contributed by atoms with van der Waals surface area (Å²) in [5.41, 5.74) is 0.850. The van der Waals surface area contributed by atoms with Gasteiger partial charge >= 0.3 is 0 Å². The van der Waals surface area contributed by atoms with Gasteiger partial charge in [-0.15, -0.1) is 0 Å². The van der Waals surface area contributed by atoms with Gasteiger partial charge in [-0.25, -0.2) is 8.42 Å². The Balaban J connectivity index is 1.83. The molecule has 1 aromatic rings. The molecule has 0 spiro atoms. The van der Waals surface area contributed by atoms with Crippen LogP contribution < -0.4 is 5.32 Å². The summed E-state index contributed by atoms with van der Waals surface area (Å²) < 4.78 is 24.6. The van der Waals surface area contributed by atoms with E-state index >= 15 is 0 Å². The van der Waals surface area contributed by atoms with Crippen LogP contribution in [0.15, 0.2) is 35.3 Å². The quantitative estimate of drug-likeness (QED) is 0.397. The van der Waals surface area contributed by atoms with E-state index in [4.69, 9.17) is 0 Å². The molecule has 1 heterocycles. The zero-order valence-corrected chi connectivity index (χ0v) is 17.8. The molecular weight excluding hydrogens is 358 g/mol. The van der Waals surface area contributed by atoms with Gasteiger partial charge in [0.25, 0.3) is 0 Å². The van der Waals surface area contributed by atoms with Gasteiger partial charge in [0.2, 0.25) is 0 Å². The van der Waals surface area contributed by atoms with Crippen LogP contribution in [-0.4, -0.2) is 51.2 Å². The Bertz CT molecular complexity index is 687. The Kier molecular flexibility index (Phi) is 8.61. The van der Waals surface area contributed by atoms with Crippen LogP contribution in [0.1, 0.15) is 45.6 Å². The highest BCUT2D eigenvalue weighted by Gasteiger charge is 2.25. The lowest BCUT2D eigenvalue weighted by atomic mass is 9.97. The summed E-state index contributed by atoms with van der Waals surface area (Å²) in [6, 6.07) is 9.37. The molecule has 152 valence electrons. The third kappa shape index (κ3) is 7.91. The number of sulfone groups is 1. The summed E-state index contributed by atoms with van der Waals surface area (Å²) in [6.45, 7) is 10.1. The van der Waals surface area contributed by atoms with E-state index < -0.39 is 9.84 Å². The standard InChI is InChI=1S/C21H35N3O2S/c1-4-22-21(24-13-11-20(16-24)15-18(2)3)23-12-8-14-27(25,26)17-19-9-6-5-7-10-19/h5-7,9-10,18,20H,4,8,11-17H2,1-3H3,(H,22,23). The van der Waals surface area contributed by atoms with Gasteiger partial charge in [-0.1, -0.05) is 44.2 Å². The van der Waals surface area contributed by atoms with Gasteiger partial charge in [-0.2, -0.15) is 0 Å². The van der Waals surface area contributed by atoms with Crippen LogP contribution in [0, 0.1) is 11.8 Å². The Hall–Kier alpha value is -1.56. The fourth-order valence-electron chi connectivity index (χ4n) is 3.68. The van der Waals surface area contributed by atoms with Crippen LogP contribution in [0.2, 0.25) is 0 Å². The smallest absolute Gasteiger partial charge is 0.193 e. The molecule has 5 nitrogen and oxygen atoms in total. The number of rotatable bonds is 9. The monoisotopic (exact) mass is 393 g/mol. The molecule has 1 fully saturated rings. The van der Waals surface area contributed by atoms with Crippen LogP contribution >= 0.6 is 0 Å². The van der Waals surface area contributed by atoms with Crippen molar-refractivity contribution >= 4 is 15.8 Å². The molecule has 0 radical (unpaired) electrons. The Morgan fingerprint density at radius 2 is 2.04 bits per heavy atom. The molecule has 1 aliphatic rings.